The van der Waals surface area contributed by atoms with Crippen LogP contribution in [0.3, 0.4) is 0 Å². The zero-order valence-electron chi connectivity index (χ0n) is 15.5. The first-order valence-corrected chi connectivity index (χ1v) is 9.97. The molecule has 0 atom stereocenters. The second-order valence-corrected chi connectivity index (χ2v) is 8.02. The van der Waals surface area contributed by atoms with Gasteiger partial charge in [0.2, 0.25) is 0 Å². The second kappa shape index (κ2) is 7.88. The van der Waals surface area contributed by atoms with Gasteiger partial charge in [-0.05, 0) is 36.1 Å². The Morgan fingerprint density at radius 3 is 2.85 bits per heavy atom. The van der Waals surface area contributed by atoms with Gasteiger partial charge in [0.05, 0.1) is 5.01 Å². The number of aromatic nitrogens is 4. The molecule has 0 aliphatic rings. The molecule has 0 saturated carbocycles. The first kappa shape index (κ1) is 17.7. The number of pyridine rings is 1. The summed E-state index contributed by atoms with van der Waals surface area (Å²) in [6.45, 7) is 4.93. The molecule has 0 aliphatic heterocycles. The average Bonchev–Trinajstić information content (AvgIpc) is 3.31. The van der Waals surface area contributed by atoms with E-state index in [2.05, 4.69) is 46.1 Å². The van der Waals surface area contributed by atoms with E-state index in [0.29, 0.717) is 12.5 Å². The lowest BCUT2D eigenvalue weighted by Gasteiger charge is -2.11. The van der Waals surface area contributed by atoms with Crippen LogP contribution in [0.5, 0.6) is 5.75 Å². The number of benzene rings is 1. The Balaban J connectivity index is 1.68. The molecule has 0 bridgehead atoms. The first-order valence-electron chi connectivity index (χ1n) is 9.09. The lowest BCUT2D eigenvalue weighted by atomic mass is 10.00. The molecule has 1 N–H and O–H groups in total. The molecule has 3 heterocycles. The third kappa shape index (κ3) is 4.17. The fourth-order valence-corrected chi connectivity index (χ4v) is 3.79. The van der Waals surface area contributed by atoms with Gasteiger partial charge in [0.25, 0.3) is 0 Å². The third-order valence-electron chi connectivity index (χ3n) is 4.34. The van der Waals surface area contributed by atoms with Crippen LogP contribution in [0.15, 0.2) is 48.2 Å². The molecule has 0 radical (unpaired) electrons. The number of fused-ring (bicyclic) bond motifs is 1. The lowest BCUT2D eigenvalue weighted by Crippen LogP contribution is -1.99. The zero-order chi connectivity index (χ0) is 18.6. The number of H-pyrrole nitrogens is 1. The van der Waals surface area contributed by atoms with Crippen molar-refractivity contribution in [2.24, 2.45) is 5.92 Å². The highest BCUT2D eigenvalue weighted by atomic mass is 32.1. The predicted octanol–water partition coefficient (Wildman–Crippen LogP) is 4.78. The number of nitrogens with one attached hydrogen (secondary N) is 1. The van der Waals surface area contributed by atoms with E-state index < -0.39 is 0 Å². The maximum absolute atomic E-state index is 6.14. The molecule has 0 aliphatic carbocycles. The quantitative estimate of drug-likeness (QED) is 0.502. The van der Waals surface area contributed by atoms with Crippen LogP contribution in [0, 0.1) is 5.92 Å². The molecule has 0 spiro atoms. The third-order valence-corrected chi connectivity index (χ3v) is 5.11. The van der Waals surface area contributed by atoms with Crippen LogP contribution < -0.4 is 4.74 Å². The van der Waals surface area contributed by atoms with Gasteiger partial charge in [-0.3, -0.25) is 10.1 Å². The highest BCUT2D eigenvalue weighted by Gasteiger charge is 2.15. The molecule has 1 aromatic carbocycles. The molecule has 4 rings (SSSR count). The summed E-state index contributed by atoms with van der Waals surface area (Å²) < 4.78 is 6.14. The molecule has 5 nitrogen and oxygen atoms in total. The second-order valence-electron chi connectivity index (χ2n) is 7.04. The van der Waals surface area contributed by atoms with E-state index in [1.807, 2.05) is 29.9 Å². The van der Waals surface area contributed by atoms with E-state index in [0.717, 1.165) is 45.8 Å². The Kier molecular flexibility index (Phi) is 5.16. The van der Waals surface area contributed by atoms with Crippen molar-refractivity contribution in [2.75, 3.05) is 0 Å². The van der Waals surface area contributed by atoms with Crippen molar-refractivity contribution < 1.29 is 4.74 Å². The van der Waals surface area contributed by atoms with Gasteiger partial charge in [-0.25, -0.2) is 4.98 Å². The molecule has 0 fully saturated rings. The maximum Gasteiger partial charge on any atom is 0.148 e. The molecular formula is C21H22N4OS. The number of hydrogen-bond donors (Lipinski definition) is 1. The van der Waals surface area contributed by atoms with Crippen molar-refractivity contribution in [1.82, 2.24) is 20.2 Å². The van der Waals surface area contributed by atoms with E-state index in [-0.39, 0.29) is 0 Å². The molecule has 0 saturated heterocycles. The monoisotopic (exact) mass is 378 g/mol. The molecule has 27 heavy (non-hydrogen) atoms. The van der Waals surface area contributed by atoms with Crippen LogP contribution in [0.25, 0.3) is 10.9 Å². The summed E-state index contributed by atoms with van der Waals surface area (Å²) in [6.07, 6.45) is 7.19. The summed E-state index contributed by atoms with van der Waals surface area (Å²) in [5.41, 5.74) is 4.26. The largest absolute Gasteiger partial charge is 0.486 e. The van der Waals surface area contributed by atoms with Gasteiger partial charge in [-0.15, -0.1) is 11.3 Å². The summed E-state index contributed by atoms with van der Waals surface area (Å²) in [6, 6.07) is 8.29. The number of rotatable bonds is 7. The van der Waals surface area contributed by atoms with E-state index in [1.165, 1.54) is 5.56 Å². The zero-order valence-corrected chi connectivity index (χ0v) is 16.3. The van der Waals surface area contributed by atoms with Crippen LogP contribution >= 0.6 is 11.3 Å². The average molecular weight is 379 g/mol. The van der Waals surface area contributed by atoms with Crippen molar-refractivity contribution in [3.8, 4) is 5.75 Å². The molecule has 0 unspecified atom stereocenters. The van der Waals surface area contributed by atoms with Gasteiger partial charge < -0.3 is 4.74 Å². The van der Waals surface area contributed by atoms with E-state index in [4.69, 9.17) is 4.74 Å². The molecule has 4 aromatic rings. The summed E-state index contributed by atoms with van der Waals surface area (Å²) in [5, 5.41) is 11.9. The minimum absolute atomic E-state index is 0.475. The Bertz CT molecular complexity index is 1010. The summed E-state index contributed by atoms with van der Waals surface area (Å²) >= 11 is 1.66. The highest BCUT2D eigenvalue weighted by Crippen LogP contribution is 2.31. The number of hydrogen-bond acceptors (Lipinski definition) is 5. The van der Waals surface area contributed by atoms with Gasteiger partial charge >= 0.3 is 0 Å². The minimum atomic E-state index is 0.475. The normalized spacial score (nSPS) is 11.4. The van der Waals surface area contributed by atoms with Gasteiger partial charge in [0, 0.05) is 47.0 Å². The van der Waals surface area contributed by atoms with Crippen molar-refractivity contribution >= 4 is 22.2 Å². The number of nitrogens with zero attached hydrogens (tertiary/aromatic N) is 3. The van der Waals surface area contributed by atoms with Crippen molar-refractivity contribution in [3.05, 3.63) is 70.1 Å². The van der Waals surface area contributed by atoms with Crippen molar-refractivity contribution in [2.45, 2.75) is 33.3 Å². The summed E-state index contributed by atoms with van der Waals surface area (Å²) in [5.74, 6) is 1.39. The Labute approximate surface area is 162 Å². The molecular weight excluding hydrogens is 356 g/mol. The molecule has 6 heteroatoms. The van der Waals surface area contributed by atoms with Crippen LogP contribution in [0.1, 0.15) is 35.7 Å². The summed E-state index contributed by atoms with van der Waals surface area (Å²) in [7, 11) is 0. The van der Waals surface area contributed by atoms with Crippen LogP contribution in [0.4, 0.5) is 0 Å². The number of aromatic amines is 1. The number of thiazole rings is 1. The lowest BCUT2D eigenvalue weighted by molar-refractivity contribution is 0.308. The molecule has 0 amide bonds. The fourth-order valence-electron chi connectivity index (χ4n) is 3.16. The van der Waals surface area contributed by atoms with Crippen molar-refractivity contribution in [1.29, 1.82) is 0 Å². The number of ether oxygens (including phenoxy) is 1. The SMILES string of the molecule is CC(C)Cc1cc(OCc2cccnc2)c2n[nH]c(Cc3nccs3)c2c1. The highest BCUT2D eigenvalue weighted by molar-refractivity contribution is 7.09. The maximum atomic E-state index is 6.14. The van der Waals surface area contributed by atoms with E-state index in [1.54, 1.807) is 17.5 Å². The molecule has 3 aromatic heterocycles. The fraction of sp³-hybridized carbons (Fsp3) is 0.286. The standard InChI is InChI=1S/C21H22N4OS/c1-14(2)8-16-9-17-18(11-20-23-6-7-27-20)24-25-21(17)19(10-16)26-13-15-4-3-5-22-12-15/h3-7,9-10,12,14H,8,11,13H2,1-2H3,(H,24,25). The summed E-state index contributed by atoms with van der Waals surface area (Å²) in [4.78, 5) is 8.55. The van der Waals surface area contributed by atoms with Gasteiger partial charge in [0.15, 0.2) is 0 Å². The van der Waals surface area contributed by atoms with E-state index >= 15 is 0 Å². The van der Waals surface area contributed by atoms with Crippen LogP contribution in [-0.4, -0.2) is 20.2 Å². The van der Waals surface area contributed by atoms with Gasteiger partial charge in [-0.2, -0.15) is 5.10 Å². The predicted molar refractivity (Wildman–Crippen MR) is 108 cm³/mol. The van der Waals surface area contributed by atoms with Gasteiger partial charge in [-0.1, -0.05) is 19.9 Å². The van der Waals surface area contributed by atoms with Crippen LogP contribution in [-0.2, 0) is 19.4 Å². The topological polar surface area (TPSA) is 63.7 Å². The molecule has 138 valence electrons. The Hall–Kier alpha value is -2.73. The van der Waals surface area contributed by atoms with Crippen molar-refractivity contribution in [3.63, 3.8) is 0 Å². The smallest absolute Gasteiger partial charge is 0.148 e. The Morgan fingerprint density at radius 1 is 1.19 bits per heavy atom. The van der Waals surface area contributed by atoms with Gasteiger partial charge in [0.1, 0.15) is 17.9 Å². The first-order chi connectivity index (χ1) is 13.2. The van der Waals surface area contributed by atoms with E-state index in [9.17, 15) is 0 Å². The van der Waals surface area contributed by atoms with Crippen LogP contribution in [0.2, 0.25) is 0 Å². The Morgan fingerprint density at radius 2 is 2.11 bits per heavy atom. The minimum Gasteiger partial charge on any atom is -0.486 e.